The Morgan fingerprint density at radius 3 is 2.59 bits per heavy atom. The highest BCUT2D eigenvalue weighted by Gasteiger charge is 2.63. The summed E-state index contributed by atoms with van der Waals surface area (Å²) in [6.45, 7) is 6.67. The molecule has 0 bridgehead atoms. The molecule has 4 fully saturated rings. The lowest BCUT2D eigenvalue weighted by molar-refractivity contribution is -0.160. The van der Waals surface area contributed by atoms with Crippen molar-refractivity contribution in [2.24, 2.45) is 46.3 Å². The van der Waals surface area contributed by atoms with E-state index in [2.05, 4.69) is 26.1 Å². The highest BCUT2D eigenvalue weighted by Crippen LogP contribution is 2.67. The first-order chi connectivity index (χ1) is 15.9. The molecule has 0 aliphatic heterocycles. The van der Waals surface area contributed by atoms with Gasteiger partial charge >= 0.3 is 0 Å². The second-order valence-corrected chi connectivity index (χ2v) is 13.9. The van der Waals surface area contributed by atoms with Crippen molar-refractivity contribution in [3.05, 3.63) is 0 Å². The molecule has 1 amide bonds. The number of ketones is 1. The van der Waals surface area contributed by atoms with E-state index in [0.29, 0.717) is 48.7 Å². The minimum absolute atomic E-state index is 0.0897. The second kappa shape index (κ2) is 9.47. The van der Waals surface area contributed by atoms with Crippen LogP contribution in [0.15, 0.2) is 0 Å². The Kier molecular flexibility index (Phi) is 7.27. The summed E-state index contributed by atoms with van der Waals surface area (Å²) in [7, 11) is -4.08. The molecule has 3 N–H and O–H groups in total. The van der Waals surface area contributed by atoms with Crippen LogP contribution in [0, 0.1) is 46.3 Å². The van der Waals surface area contributed by atoms with Crippen molar-refractivity contribution in [1.82, 2.24) is 5.32 Å². The van der Waals surface area contributed by atoms with Crippen molar-refractivity contribution in [2.45, 2.75) is 91.1 Å². The first-order valence-electron chi connectivity index (χ1n) is 13.3. The van der Waals surface area contributed by atoms with Gasteiger partial charge in [0.15, 0.2) is 0 Å². The van der Waals surface area contributed by atoms with Crippen molar-refractivity contribution in [1.29, 1.82) is 0 Å². The van der Waals surface area contributed by atoms with Gasteiger partial charge < -0.3 is 10.4 Å². The van der Waals surface area contributed by atoms with Gasteiger partial charge in [-0.2, -0.15) is 8.42 Å². The summed E-state index contributed by atoms with van der Waals surface area (Å²) >= 11 is 0. The van der Waals surface area contributed by atoms with Crippen LogP contribution in [0.1, 0.15) is 85.0 Å². The van der Waals surface area contributed by atoms with Gasteiger partial charge in [0.25, 0.3) is 10.1 Å². The average Bonchev–Trinajstić information content (AvgIpc) is 3.11. The summed E-state index contributed by atoms with van der Waals surface area (Å²) in [4.78, 5) is 26.0. The highest BCUT2D eigenvalue weighted by molar-refractivity contribution is 7.85. The third-order valence-electron chi connectivity index (χ3n) is 10.8. The summed E-state index contributed by atoms with van der Waals surface area (Å²) in [5.41, 5.74) is -0.150. The number of aliphatic hydroxyl groups excluding tert-OH is 1. The van der Waals surface area contributed by atoms with Gasteiger partial charge in [0.2, 0.25) is 5.91 Å². The molecule has 0 aromatic heterocycles. The van der Waals surface area contributed by atoms with Crippen LogP contribution >= 0.6 is 0 Å². The molecule has 194 valence electrons. The summed E-state index contributed by atoms with van der Waals surface area (Å²) < 4.78 is 30.5. The van der Waals surface area contributed by atoms with E-state index >= 15 is 0 Å². The Balaban J connectivity index is 1.40. The fourth-order valence-corrected chi connectivity index (χ4v) is 9.21. The first-order valence-corrected chi connectivity index (χ1v) is 14.9. The number of hydrogen-bond donors (Lipinski definition) is 3. The summed E-state index contributed by atoms with van der Waals surface area (Å²) in [6.07, 6.45) is 8.69. The molecule has 9 atom stereocenters. The average molecular weight is 498 g/mol. The van der Waals surface area contributed by atoms with Crippen LogP contribution in [-0.2, 0) is 19.7 Å². The van der Waals surface area contributed by atoms with Gasteiger partial charge in [-0.1, -0.05) is 20.8 Å². The van der Waals surface area contributed by atoms with Gasteiger partial charge in [0.05, 0.1) is 11.9 Å². The monoisotopic (exact) mass is 497 g/mol. The van der Waals surface area contributed by atoms with E-state index in [9.17, 15) is 23.1 Å². The zero-order valence-electron chi connectivity index (χ0n) is 21.0. The van der Waals surface area contributed by atoms with Crippen LogP contribution in [0.2, 0.25) is 0 Å². The molecule has 4 rings (SSSR count). The van der Waals surface area contributed by atoms with Crippen LogP contribution in [-0.4, -0.2) is 48.2 Å². The zero-order chi connectivity index (χ0) is 24.9. The van der Waals surface area contributed by atoms with E-state index in [0.717, 1.165) is 32.1 Å². The van der Waals surface area contributed by atoms with Gasteiger partial charge in [0, 0.05) is 24.8 Å². The van der Waals surface area contributed by atoms with E-state index in [1.807, 2.05) is 0 Å². The predicted octanol–water partition coefficient (Wildman–Crippen LogP) is 3.61. The summed E-state index contributed by atoms with van der Waals surface area (Å²) in [5.74, 6) is 2.20. The van der Waals surface area contributed by atoms with E-state index in [1.54, 1.807) is 0 Å². The molecule has 4 saturated carbocycles. The number of carbonyl (C=O) groups excluding carboxylic acids is 2. The van der Waals surface area contributed by atoms with Crippen molar-refractivity contribution >= 4 is 21.8 Å². The van der Waals surface area contributed by atoms with Crippen LogP contribution in [0.25, 0.3) is 0 Å². The van der Waals surface area contributed by atoms with E-state index in [1.165, 1.54) is 12.8 Å². The highest BCUT2D eigenvalue weighted by atomic mass is 32.2. The Morgan fingerprint density at radius 2 is 1.88 bits per heavy atom. The second-order valence-electron chi connectivity index (χ2n) is 12.3. The minimum atomic E-state index is -4.08. The SMILES string of the molecule is C[C@H](CCC(=O)NCCS(=O)(=O)O)[C@H]1CC[C@H]2[C@@H]3CCC4C[C@H](O)CC[C@]4(C)[C@H]3CC(=O)[C@]12C. The molecule has 0 aromatic rings. The smallest absolute Gasteiger partial charge is 0.266 e. The minimum Gasteiger partial charge on any atom is -0.393 e. The number of rotatable bonds is 7. The first kappa shape index (κ1) is 26.1. The fraction of sp³-hybridized carbons (Fsp3) is 0.923. The molecule has 7 nitrogen and oxygen atoms in total. The largest absolute Gasteiger partial charge is 0.393 e. The fourth-order valence-electron chi connectivity index (χ4n) is 8.85. The maximum atomic E-state index is 13.8. The number of aliphatic hydroxyl groups is 1. The van der Waals surface area contributed by atoms with Gasteiger partial charge in [-0.3, -0.25) is 14.1 Å². The maximum Gasteiger partial charge on any atom is 0.266 e. The van der Waals surface area contributed by atoms with Gasteiger partial charge in [-0.25, -0.2) is 0 Å². The lowest BCUT2D eigenvalue weighted by Crippen LogP contribution is -2.57. The van der Waals surface area contributed by atoms with Gasteiger partial charge in [-0.15, -0.1) is 0 Å². The van der Waals surface area contributed by atoms with Crippen molar-refractivity contribution in [3.63, 3.8) is 0 Å². The lowest BCUT2D eigenvalue weighted by atomic mass is 9.44. The number of fused-ring (bicyclic) bond motifs is 5. The molecule has 0 spiro atoms. The molecule has 0 saturated heterocycles. The Hall–Kier alpha value is -0.990. The molecule has 34 heavy (non-hydrogen) atoms. The molecule has 1 unspecified atom stereocenters. The Bertz CT molecular complexity index is 905. The number of carbonyl (C=O) groups is 2. The van der Waals surface area contributed by atoms with Gasteiger partial charge in [0.1, 0.15) is 5.78 Å². The van der Waals surface area contributed by atoms with Crippen molar-refractivity contribution in [3.8, 4) is 0 Å². The molecule has 0 aromatic carbocycles. The van der Waals surface area contributed by atoms with Crippen LogP contribution < -0.4 is 5.32 Å². The quantitative estimate of drug-likeness (QED) is 0.462. The van der Waals surface area contributed by atoms with Crippen LogP contribution in [0.4, 0.5) is 0 Å². The molecule has 0 heterocycles. The van der Waals surface area contributed by atoms with Gasteiger partial charge in [-0.05, 0) is 92.3 Å². The molecule has 4 aliphatic rings. The number of amides is 1. The molecule has 0 radical (unpaired) electrons. The normalized spacial score (nSPS) is 42.9. The molecular weight excluding hydrogens is 454 g/mol. The Labute approximate surface area is 204 Å². The summed E-state index contributed by atoms with van der Waals surface area (Å²) in [6, 6.07) is 0. The van der Waals surface area contributed by atoms with Crippen LogP contribution in [0.3, 0.4) is 0 Å². The van der Waals surface area contributed by atoms with Crippen molar-refractivity contribution in [2.75, 3.05) is 12.3 Å². The third-order valence-corrected chi connectivity index (χ3v) is 11.5. The Morgan fingerprint density at radius 1 is 1.15 bits per heavy atom. The topological polar surface area (TPSA) is 121 Å². The molecule has 8 heteroatoms. The third kappa shape index (κ3) is 4.71. The van der Waals surface area contributed by atoms with E-state index in [4.69, 9.17) is 4.55 Å². The number of Topliss-reactive ketones (excluding diaryl/α,β-unsaturated/α-hetero) is 1. The summed E-state index contributed by atoms with van der Waals surface area (Å²) in [5, 5.41) is 12.8. The molecule has 4 aliphatic carbocycles. The predicted molar refractivity (Wildman–Crippen MR) is 129 cm³/mol. The van der Waals surface area contributed by atoms with E-state index < -0.39 is 15.9 Å². The number of nitrogens with one attached hydrogen (secondary N) is 1. The van der Waals surface area contributed by atoms with E-state index in [-0.39, 0.29) is 41.2 Å². The lowest BCUT2D eigenvalue weighted by Gasteiger charge is -2.60. The number of hydrogen-bond acceptors (Lipinski definition) is 5. The maximum absolute atomic E-state index is 13.8. The molecular formula is C26H43NO6S. The standard InChI is InChI=1S/C26H43NO6S/c1-16(4-9-24(30)27-12-13-34(31,32)33)20-7-8-21-19-6-5-17-14-18(28)10-11-25(17,2)22(19)15-23(29)26(20,21)3/h16-22,28H,4-15H2,1-3H3,(H,27,30)(H,31,32,33)/t16-,17?,18-,19+,20-,21+,22+,25+,26-/m1/s1. The van der Waals surface area contributed by atoms with Crippen molar-refractivity contribution < 1.29 is 27.7 Å². The zero-order valence-corrected chi connectivity index (χ0v) is 21.8. The van der Waals surface area contributed by atoms with Crippen LogP contribution in [0.5, 0.6) is 0 Å².